The first-order valence-corrected chi connectivity index (χ1v) is 7.91. The molecule has 1 aromatic carbocycles. The summed E-state index contributed by atoms with van der Waals surface area (Å²) in [4.78, 5) is 12.6. The summed E-state index contributed by atoms with van der Waals surface area (Å²) in [5.41, 5.74) is 1.44. The highest BCUT2D eigenvalue weighted by atomic mass is 16.1. The zero-order valence-electron chi connectivity index (χ0n) is 14.5. The van der Waals surface area contributed by atoms with Gasteiger partial charge in [0.25, 0.3) is 0 Å². The Hall–Kier alpha value is -1.31. The van der Waals surface area contributed by atoms with Gasteiger partial charge in [-0.15, -0.1) is 0 Å². The third-order valence-corrected chi connectivity index (χ3v) is 3.82. The predicted octanol–water partition coefficient (Wildman–Crippen LogP) is 4.44. The van der Waals surface area contributed by atoms with Crippen molar-refractivity contribution in [1.29, 1.82) is 0 Å². The van der Waals surface area contributed by atoms with E-state index in [0.29, 0.717) is 0 Å². The molecule has 0 bridgehead atoms. The highest BCUT2D eigenvalue weighted by Gasteiger charge is 2.31. The van der Waals surface area contributed by atoms with E-state index in [0.717, 1.165) is 19.4 Å². The van der Waals surface area contributed by atoms with Crippen molar-refractivity contribution in [3.63, 3.8) is 0 Å². The van der Waals surface area contributed by atoms with Crippen LogP contribution >= 0.6 is 0 Å². The van der Waals surface area contributed by atoms with Crippen LogP contribution in [-0.2, 0) is 11.2 Å². The Labute approximate surface area is 130 Å². The maximum Gasteiger partial charge on any atom is 0.223 e. The monoisotopic (exact) mass is 289 g/mol. The predicted molar refractivity (Wildman–Crippen MR) is 90.2 cm³/mol. The molecule has 0 saturated heterocycles. The number of carbonyl (C=O) groups is 1. The zero-order valence-corrected chi connectivity index (χ0v) is 14.5. The summed E-state index contributed by atoms with van der Waals surface area (Å²) in [6, 6.07) is 10.3. The van der Waals surface area contributed by atoms with Crippen LogP contribution < -0.4 is 5.32 Å². The zero-order chi connectivity index (χ0) is 16.1. The Balaban J connectivity index is 2.68. The fourth-order valence-corrected chi connectivity index (χ4v) is 2.33. The van der Waals surface area contributed by atoms with E-state index in [2.05, 4.69) is 59.0 Å². The molecular formula is C19H31NO. The van der Waals surface area contributed by atoms with Crippen LogP contribution in [0.25, 0.3) is 0 Å². The number of nitrogens with one attached hydrogen (secondary N) is 1. The summed E-state index contributed by atoms with van der Waals surface area (Å²) in [6.07, 6.45) is 1.80. The third kappa shape index (κ3) is 6.79. The SMILES string of the molecule is CC(C)(C)CCNC(=O)[C@@H](Cc1ccccc1)C(C)(C)C. The Morgan fingerprint density at radius 2 is 1.62 bits per heavy atom. The highest BCUT2D eigenvalue weighted by molar-refractivity contribution is 5.79. The lowest BCUT2D eigenvalue weighted by Gasteiger charge is -2.30. The average Bonchev–Trinajstić information content (AvgIpc) is 2.34. The minimum absolute atomic E-state index is 0.000122. The minimum atomic E-state index is -0.0400. The molecule has 0 aliphatic carbocycles. The molecular weight excluding hydrogens is 258 g/mol. The molecule has 0 heterocycles. The topological polar surface area (TPSA) is 29.1 Å². The van der Waals surface area contributed by atoms with Crippen LogP contribution in [0.4, 0.5) is 0 Å². The van der Waals surface area contributed by atoms with Crippen molar-refractivity contribution in [1.82, 2.24) is 5.32 Å². The lowest BCUT2D eigenvalue weighted by molar-refractivity contribution is -0.128. The van der Waals surface area contributed by atoms with Crippen LogP contribution in [-0.4, -0.2) is 12.5 Å². The highest BCUT2D eigenvalue weighted by Crippen LogP contribution is 2.29. The lowest BCUT2D eigenvalue weighted by atomic mass is 9.76. The van der Waals surface area contributed by atoms with Gasteiger partial charge in [0.15, 0.2) is 0 Å². The summed E-state index contributed by atoms with van der Waals surface area (Å²) in [5.74, 6) is 0.176. The maximum atomic E-state index is 12.6. The van der Waals surface area contributed by atoms with E-state index in [1.54, 1.807) is 0 Å². The van der Waals surface area contributed by atoms with E-state index in [9.17, 15) is 4.79 Å². The molecule has 1 rings (SSSR count). The molecule has 1 atom stereocenters. The summed E-state index contributed by atoms with van der Waals surface area (Å²) < 4.78 is 0. The molecule has 1 aromatic rings. The Kier molecular flexibility index (Phi) is 6.00. The Morgan fingerprint density at radius 3 is 2.10 bits per heavy atom. The summed E-state index contributed by atoms with van der Waals surface area (Å²) in [7, 11) is 0. The van der Waals surface area contributed by atoms with Crippen LogP contribution in [0.2, 0.25) is 0 Å². The van der Waals surface area contributed by atoms with Gasteiger partial charge in [0.2, 0.25) is 5.91 Å². The fraction of sp³-hybridized carbons (Fsp3) is 0.632. The molecule has 0 unspecified atom stereocenters. The van der Waals surface area contributed by atoms with Gasteiger partial charge >= 0.3 is 0 Å². The smallest absolute Gasteiger partial charge is 0.223 e. The van der Waals surface area contributed by atoms with Gasteiger partial charge in [-0.1, -0.05) is 71.9 Å². The van der Waals surface area contributed by atoms with E-state index < -0.39 is 0 Å². The van der Waals surface area contributed by atoms with E-state index in [1.807, 2.05) is 18.2 Å². The molecule has 2 heteroatoms. The van der Waals surface area contributed by atoms with Gasteiger partial charge in [0, 0.05) is 12.5 Å². The summed E-state index contributed by atoms with van der Waals surface area (Å²) in [5, 5.41) is 3.13. The normalized spacial score (nSPS) is 13.8. The Bertz CT molecular complexity index is 437. The van der Waals surface area contributed by atoms with Crippen molar-refractivity contribution in [3.05, 3.63) is 35.9 Å². The average molecular weight is 289 g/mol. The van der Waals surface area contributed by atoms with Gasteiger partial charge < -0.3 is 5.32 Å². The van der Waals surface area contributed by atoms with E-state index in [4.69, 9.17) is 0 Å². The number of amides is 1. The third-order valence-electron chi connectivity index (χ3n) is 3.82. The second-order valence-corrected chi connectivity index (χ2v) is 8.21. The number of hydrogen-bond acceptors (Lipinski definition) is 1. The van der Waals surface area contributed by atoms with Crippen molar-refractivity contribution < 1.29 is 4.79 Å². The largest absolute Gasteiger partial charge is 0.356 e. The molecule has 1 N–H and O–H groups in total. The maximum absolute atomic E-state index is 12.6. The first-order chi connectivity index (χ1) is 9.59. The van der Waals surface area contributed by atoms with Crippen molar-refractivity contribution >= 4 is 5.91 Å². The van der Waals surface area contributed by atoms with Gasteiger partial charge in [-0.05, 0) is 29.2 Å². The van der Waals surface area contributed by atoms with Crippen molar-refractivity contribution in [3.8, 4) is 0 Å². The van der Waals surface area contributed by atoms with E-state index in [-0.39, 0.29) is 22.7 Å². The molecule has 0 aliphatic heterocycles. The van der Waals surface area contributed by atoms with Crippen LogP contribution in [0.1, 0.15) is 53.5 Å². The molecule has 0 radical (unpaired) electrons. The first kappa shape index (κ1) is 17.7. The van der Waals surface area contributed by atoms with Crippen molar-refractivity contribution in [2.24, 2.45) is 16.7 Å². The van der Waals surface area contributed by atoms with Gasteiger partial charge in [0.1, 0.15) is 0 Å². The van der Waals surface area contributed by atoms with E-state index >= 15 is 0 Å². The van der Waals surface area contributed by atoms with E-state index in [1.165, 1.54) is 5.56 Å². The standard InChI is InChI=1S/C19H31NO/c1-18(2,3)12-13-20-17(21)16(19(4,5)6)14-15-10-8-7-9-11-15/h7-11,16H,12-14H2,1-6H3,(H,20,21)/t16-/m1/s1. The van der Waals surface area contributed by atoms with Gasteiger partial charge in [-0.3, -0.25) is 4.79 Å². The molecule has 1 amide bonds. The summed E-state index contributed by atoms with van der Waals surface area (Å²) >= 11 is 0. The quantitative estimate of drug-likeness (QED) is 0.853. The van der Waals surface area contributed by atoms with Gasteiger partial charge in [-0.2, -0.15) is 0 Å². The second-order valence-electron chi connectivity index (χ2n) is 8.21. The molecule has 118 valence electrons. The molecule has 0 spiro atoms. The Morgan fingerprint density at radius 1 is 1.05 bits per heavy atom. The number of rotatable bonds is 5. The summed E-state index contributed by atoms with van der Waals surface area (Å²) in [6.45, 7) is 13.8. The van der Waals surface area contributed by atoms with Crippen molar-refractivity contribution in [2.45, 2.75) is 54.4 Å². The second kappa shape index (κ2) is 7.11. The molecule has 0 fully saturated rings. The molecule has 2 nitrogen and oxygen atoms in total. The molecule has 0 saturated carbocycles. The fourth-order valence-electron chi connectivity index (χ4n) is 2.33. The first-order valence-electron chi connectivity index (χ1n) is 7.91. The molecule has 21 heavy (non-hydrogen) atoms. The van der Waals surface area contributed by atoms with Crippen LogP contribution in [0.3, 0.4) is 0 Å². The molecule has 0 aliphatic rings. The number of benzene rings is 1. The lowest BCUT2D eigenvalue weighted by Crippen LogP contribution is -2.40. The number of carbonyl (C=O) groups excluding carboxylic acids is 1. The van der Waals surface area contributed by atoms with Gasteiger partial charge in [-0.25, -0.2) is 0 Å². The molecule has 0 aromatic heterocycles. The van der Waals surface area contributed by atoms with Crippen LogP contribution in [0.5, 0.6) is 0 Å². The van der Waals surface area contributed by atoms with Crippen LogP contribution in [0.15, 0.2) is 30.3 Å². The minimum Gasteiger partial charge on any atom is -0.356 e. The number of hydrogen-bond donors (Lipinski definition) is 1. The van der Waals surface area contributed by atoms with Crippen LogP contribution in [0, 0.1) is 16.7 Å². The van der Waals surface area contributed by atoms with Crippen molar-refractivity contribution in [2.75, 3.05) is 6.54 Å². The van der Waals surface area contributed by atoms with Gasteiger partial charge in [0.05, 0.1) is 0 Å².